The summed E-state index contributed by atoms with van der Waals surface area (Å²) < 4.78 is 1.95. The maximum absolute atomic E-state index is 6.17. The van der Waals surface area contributed by atoms with Crippen molar-refractivity contribution in [3.63, 3.8) is 0 Å². The summed E-state index contributed by atoms with van der Waals surface area (Å²) in [5.74, 6) is 0.735. The zero-order valence-corrected chi connectivity index (χ0v) is 12.3. The largest absolute Gasteiger partial charge is 0.364 e. The van der Waals surface area contributed by atoms with E-state index in [0.29, 0.717) is 16.6 Å². The van der Waals surface area contributed by atoms with Crippen molar-refractivity contribution >= 4 is 40.1 Å². The maximum atomic E-state index is 6.17. The molecule has 2 aromatic heterocycles. The van der Waals surface area contributed by atoms with Crippen LogP contribution < -0.4 is 5.32 Å². The van der Waals surface area contributed by atoms with Crippen LogP contribution in [0, 0.1) is 0 Å². The number of halogens is 2. The first-order valence-electron chi connectivity index (χ1n) is 6.09. The average molecular weight is 307 g/mol. The van der Waals surface area contributed by atoms with Crippen LogP contribution in [0.3, 0.4) is 0 Å². The highest BCUT2D eigenvalue weighted by Crippen LogP contribution is 2.26. The van der Waals surface area contributed by atoms with Gasteiger partial charge in [-0.1, -0.05) is 35.3 Å². The Labute approximate surface area is 126 Å². The lowest BCUT2D eigenvalue weighted by Crippen LogP contribution is -2.02. The average Bonchev–Trinajstić information content (AvgIpc) is 2.83. The van der Waals surface area contributed by atoms with E-state index in [4.69, 9.17) is 23.2 Å². The number of fused-ring (bicyclic) bond motifs is 1. The summed E-state index contributed by atoms with van der Waals surface area (Å²) in [4.78, 5) is 8.67. The van der Waals surface area contributed by atoms with Gasteiger partial charge in [-0.3, -0.25) is 0 Å². The molecule has 0 saturated heterocycles. The standard InChI is InChI=1S/C14H12Cl2N4/c1-20-8-19-13-11(20)5-6-17-14(13)18-7-9-3-2-4-10(15)12(9)16/h2-6,8H,7H2,1H3,(H,17,18). The molecule has 0 saturated carbocycles. The van der Waals surface area contributed by atoms with E-state index in [1.807, 2.05) is 29.8 Å². The number of rotatable bonds is 3. The van der Waals surface area contributed by atoms with E-state index in [1.54, 1.807) is 18.6 Å². The zero-order valence-electron chi connectivity index (χ0n) is 10.8. The van der Waals surface area contributed by atoms with Gasteiger partial charge in [-0.2, -0.15) is 0 Å². The fourth-order valence-electron chi connectivity index (χ4n) is 2.06. The molecule has 1 aromatic carbocycles. The molecule has 3 rings (SSSR count). The minimum absolute atomic E-state index is 0.544. The summed E-state index contributed by atoms with van der Waals surface area (Å²) in [6.45, 7) is 0.544. The molecule has 0 aliphatic heterocycles. The third-order valence-electron chi connectivity index (χ3n) is 3.12. The van der Waals surface area contributed by atoms with E-state index < -0.39 is 0 Å². The monoisotopic (exact) mass is 306 g/mol. The summed E-state index contributed by atoms with van der Waals surface area (Å²) in [7, 11) is 1.95. The molecule has 0 amide bonds. The molecule has 1 N–H and O–H groups in total. The predicted octanol–water partition coefficient (Wildman–Crippen LogP) is 3.89. The Hall–Kier alpha value is -1.78. The normalized spacial score (nSPS) is 10.9. The van der Waals surface area contributed by atoms with Gasteiger partial charge in [0.1, 0.15) is 5.52 Å². The second-order valence-corrected chi connectivity index (χ2v) is 5.23. The SMILES string of the molecule is Cn1cnc2c(NCc3cccc(Cl)c3Cl)nccc21. The van der Waals surface area contributed by atoms with E-state index >= 15 is 0 Å². The van der Waals surface area contributed by atoms with Gasteiger partial charge in [-0.15, -0.1) is 0 Å². The van der Waals surface area contributed by atoms with Gasteiger partial charge in [-0.05, 0) is 17.7 Å². The lowest BCUT2D eigenvalue weighted by Gasteiger charge is -2.08. The Morgan fingerprint density at radius 1 is 1.20 bits per heavy atom. The van der Waals surface area contributed by atoms with Gasteiger partial charge in [0.2, 0.25) is 0 Å². The van der Waals surface area contributed by atoms with Crippen LogP contribution in [0.25, 0.3) is 11.0 Å². The summed E-state index contributed by atoms with van der Waals surface area (Å²) in [5, 5.41) is 4.37. The lowest BCUT2D eigenvalue weighted by atomic mass is 10.2. The Morgan fingerprint density at radius 2 is 2.05 bits per heavy atom. The molecule has 3 aromatic rings. The molecular weight excluding hydrogens is 295 g/mol. The molecule has 4 nitrogen and oxygen atoms in total. The molecule has 0 aliphatic rings. The van der Waals surface area contributed by atoms with Gasteiger partial charge in [0, 0.05) is 19.8 Å². The molecule has 0 radical (unpaired) electrons. The van der Waals surface area contributed by atoms with Crippen molar-refractivity contribution in [2.24, 2.45) is 7.05 Å². The number of nitrogens with one attached hydrogen (secondary N) is 1. The van der Waals surface area contributed by atoms with Crippen molar-refractivity contribution < 1.29 is 0 Å². The molecule has 20 heavy (non-hydrogen) atoms. The number of benzene rings is 1. The van der Waals surface area contributed by atoms with E-state index in [2.05, 4.69) is 15.3 Å². The highest BCUT2D eigenvalue weighted by atomic mass is 35.5. The second kappa shape index (κ2) is 5.31. The van der Waals surface area contributed by atoms with E-state index in [1.165, 1.54) is 0 Å². The van der Waals surface area contributed by atoms with Crippen molar-refractivity contribution in [1.29, 1.82) is 0 Å². The number of aromatic nitrogens is 3. The topological polar surface area (TPSA) is 42.7 Å². The number of imidazole rings is 1. The third-order valence-corrected chi connectivity index (χ3v) is 3.98. The molecular formula is C14H12Cl2N4. The molecule has 0 unspecified atom stereocenters. The van der Waals surface area contributed by atoms with Crippen molar-refractivity contribution in [3.05, 3.63) is 52.4 Å². The first-order chi connectivity index (χ1) is 9.66. The van der Waals surface area contributed by atoms with Crippen LogP contribution in [0.15, 0.2) is 36.8 Å². The van der Waals surface area contributed by atoms with Crippen molar-refractivity contribution in [2.75, 3.05) is 5.32 Å². The number of aryl methyl sites for hydroxylation is 1. The highest BCUT2D eigenvalue weighted by molar-refractivity contribution is 6.42. The van der Waals surface area contributed by atoms with Crippen molar-refractivity contribution in [3.8, 4) is 0 Å². The molecule has 6 heteroatoms. The molecule has 0 bridgehead atoms. The first-order valence-corrected chi connectivity index (χ1v) is 6.85. The number of nitrogens with zero attached hydrogens (tertiary/aromatic N) is 3. The van der Waals surface area contributed by atoms with Gasteiger partial charge < -0.3 is 9.88 Å². The van der Waals surface area contributed by atoms with Crippen molar-refractivity contribution in [2.45, 2.75) is 6.54 Å². The zero-order chi connectivity index (χ0) is 14.1. The van der Waals surface area contributed by atoms with Gasteiger partial charge in [-0.25, -0.2) is 9.97 Å². The summed E-state index contributed by atoms with van der Waals surface area (Å²) in [6, 6.07) is 7.50. The Kier molecular flexibility index (Phi) is 3.51. The fraction of sp³-hybridized carbons (Fsp3) is 0.143. The molecule has 102 valence electrons. The van der Waals surface area contributed by atoms with Crippen LogP contribution >= 0.6 is 23.2 Å². The minimum Gasteiger partial charge on any atom is -0.364 e. The van der Waals surface area contributed by atoms with Crippen LogP contribution in [0.4, 0.5) is 5.82 Å². The third kappa shape index (κ3) is 2.32. The van der Waals surface area contributed by atoms with Gasteiger partial charge in [0.25, 0.3) is 0 Å². The summed E-state index contributed by atoms with van der Waals surface area (Å²) in [5.41, 5.74) is 2.79. The number of hydrogen-bond donors (Lipinski definition) is 1. The Balaban J connectivity index is 1.89. The van der Waals surface area contributed by atoms with Crippen LogP contribution in [-0.2, 0) is 13.6 Å². The summed E-state index contributed by atoms with van der Waals surface area (Å²) >= 11 is 12.2. The Bertz CT molecular complexity index is 767. The maximum Gasteiger partial charge on any atom is 0.154 e. The molecule has 0 aliphatic carbocycles. The van der Waals surface area contributed by atoms with E-state index in [-0.39, 0.29) is 0 Å². The quantitative estimate of drug-likeness (QED) is 0.798. The summed E-state index contributed by atoms with van der Waals surface area (Å²) in [6.07, 6.45) is 3.52. The smallest absolute Gasteiger partial charge is 0.154 e. The van der Waals surface area contributed by atoms with Crippen LogP contribution in [0.1, 0.15) is 5.56 Å². The second-order valence-electron chi connectivity index (χ2n) is 4.45. The molecule has 0 fully saturated rings. The fourth-order valence-corrected chi connectivity index (χ4v) is 2.44. The number of hydrogen-bond acceptors (Lipinski definition) is 3. The molecule has 0 atom stereocenters. The minimum atomic E-state index is 0.544. The van der Waals surface area contributed by atoms with Crippen molar-refractivity contribution in [1.82, 2.24) is 14.5 Å². The molecule has 2 heterocycles. The van der Waals surface area contributed by atoms with Crippen LogP contribution in [-0.4, -0.2) is 14.5 Å². The Morgan fingerprint density at radius 3 is 2.90 bits per heavy atom. The lowest BCUT2D eigenvalue weighted by molar-refractivity contribution is 0.947. The van der Waals surface area contributed by atoms with Crippen LogP contribution in [0.2, 0.25) is 10.0 Å². The van der Waals surface area contributed by atoms with Gasteiger partial charge >= 0.3 is 0 Å². The van der Waals surface area contributed by atoms with E-state index in [9.17, 15) is 0 Å². The van der Waals surface area contributed by atoms with Gasteiger partial charge in [0.05, 0.1) is 21.9 Å². The molecule has 0 spiro atoms. The first kappa shape index (κ1) is 13.2. The predicted molar refractivity (Wildman–Crippen MR) is 82.3 cm³/mol. The highest BCUT2D eigenvalue weighted by Gasteiger charge is 2.08. The number of pyridine rings is 1. The number of anilines is 1. The van der Waals surface area contributed by atoms with Crippen LogP contribution in [0.5, 0.6) is 0 Å². The van der Waals surface area contributed by atoms with Gasteiger partial charge in [0.15, 0.2) is 5.82 Å². The van der Waals surface area contributed by atoms with E-state index in [0.717, 1.165) is 22.4 Å².